The van der Waals surface area contributed by atoms with Crippen molar-refractivity contribution in [3.8, 4) is 11.5 Å². The second-order valence-electron chi connectivity index (χ2n) is 5.16. The van der Waals surface area contributed by atoms with Crippen molar-refractivity contribution in [2.24, 2.45) is 0 Å². The first-order chi connectivity index (χ1) is 12.0. The number of carbonyl (C=O) groups excluding carboxylic acids is 2. The number of hydrogen-bond donors (Lipinski definition) is 1. The van der Waals surface area contributed by atoms with Gasteiger partial charge in [-0.2, -0.15) is 0 Å². The molecular weight excluding hydrogens is 369 g/mol. The summed E-state index contributed by atoms with van der Waals surface area (Å²) < 4.78 is 15.3. The summed E-state index contributed by atoms with van der Waals surface area (Å²) in [6.45, 7) is -0.0849. The number of benzene rings is 2. The molecule has 0 bridgehead atoms. The average Bonchev–Trinajstić information content (AvgIpc) is 3.06. The van der Waals surface area contributed by atoms with Crippen molar-refractivity contribution in [3.05, 3.63) is 57.6 Å². The Bertz CT molecular complexity index is 825. The van der Waals surface area contributed by atoms with Gasteiger partial charge in [0.2, 0.25) is 6.79 Å². The topological polar surface area (TPSA) is 73.9 Å². The predicted molar refractivity (Wildman–Crippen MR) is 91.2 cm³/mol. The van der Waals surface area contributed by atoms with Crippen molar-refractivity contribution < 1.29 is 23.8 Å². The summed E-state index contributed by atoms with van der Waals surface area (Å²) in [5, 5.41) is 3.58. The van der Waals surface area contributed by atoms with Gasteiger partial charge in [-0.3, -0.25) is 4.79 Å². The maximum atomic E-state index is 12.0. The first-order valence-corrected chi connectivity index (χ1v) is 8.06. The second kappa shape index (κ2) is 7.63. The lowest BCUT2D eigenvalue weighted by Gasteiger charge is -2.08. The Labute approximate surface area is 153 Å². The first-order valence-electron chi connectivity index (χ1n) is 7.30. The van der Waals surface area contributed by atoms with Gasteiger partial charge >= 0.3 is 5.97 Å². The van der Waals surface area contributed by atoms with Crippen molar-refractivity contribution in [3.63, 3.8) is 0 Å². The highest BCUT2D eigenvalue weighted by Gasteiger charge is 2.17. The molecule has 2 aromatic rings. The summed E-state index contributed by atoms with van der Waals surface area (Å²) in [7, 11) is 0. The zero-order chi connectivity index (χ0) is 17.8. The third-order valence-corrected chi connectivity index (χ3v) is 4.02. The number of halogens is 2. The quantitative estimate of drug-likeness (QED) is 0.804. The predicted octanol–water partition coefficient (Wildman–Crippen LogP) is 3.20. The standard InChI is InChI=1S/C17H13Cl2NO5/c18-12-3-1-11(13(19)6-12)7-20-16(21)8-23-17(22)10-2-4-14-15(5-10)25-9-24-14/h1-6H,7-9H2,(H,20,21). The van der Waals surface area contributed by atoms with E-state index in [1.807, 2.05) is 0 Å². The minimum Gasteiger partial charge on any atom is -0.454 e. The molecule has 0 saturated heterocycles. The normalized spacial score (nSPS) is 11.9. The third kappa shape index (κ3) is 4.35. The summed E-state index contributed by atoms with van der Waals surface area (Å²) in [6.07, 6.45) is 0. The molecule has 6 nitrogen and oxygen atoms in total. The van der Waals surface area contributed by atoms with E-state index in [4.69, 9.17) is 37.4 Å². The monoisotopic (exact) mass is 381 g/mol. The molecule has 0 saturated carbocycles. The van der Waals surface area contributed by atoms with Crippen LogP contribution >= 0.6 is 23.2 Å². The van der Waals surface area contributed by atoms with Crippen molar-refractivity contribution in [2.75, 3.05) is 13.4 Å². The van der Waals surface area contributed by atoms with Crippen LogP contribution in [0.25, 0.3) is 0 Å². The van der Waals surface area contributed by atoms with E-state index in [1.165, 1.54) is 6.07 Å². The molecular formula is C17H13Cl2NO5. The summed E-state index contributed by atoms with van der Waals surface area (Å²) in [6, 6.07) is 9.64. The second-order valence-corrected chi connectivity index (χ2v) is 6.00. The number of carbonyl (C=O) groups is 2. The minimum absolute atomic E-state index is 0.115. The average molecular weight is 382 g/mol. The summed E-state index contributed by atoms with van der Waals surface area (Å²) in [5.74, 6) is -0.0384. The van der Waals surface area contributed by atoms with Crippen LogP contribution in [0.2, 0.25) is 10.0 Å². The van der Waals surface area contributed by atoms with Crippen LogP contribution < -0.4 is 14.8 Å². The van der Waals surface area contributed by atoms with Gasteiger partial charge in [0.05, 0.1) is 5.56 Å². The Hall–Kier alpha value is -2.44. The van der Waals surface area contributed by atoms with Gasteiger partial charge in [0, 0.05) is 16.6 Å². The Morgan fingerprint density at radius 2 is 1.88 bits per heavy atom. The molecule has 1 N–H and O–H groups in total. The molecule has 0 aromatic heterocycles. The highest BCUT2D eigenvalue weighted by Crippen LogP contribution is 2.32. The Morgan fingerprint density at radius 3 is 2.68 bits per heavy atom. The van der Waals surface area contributed by atoms with Crippen LogP contribution in [0, 0.1) is 0 Å². The molecule has 0 fully saturated rings. The SMILES string of the molecule is O=C(COC(=O)c1ccc2c(c1)OCO2)NCc1ccc(Cl)cc1Cl. The Kier molecular flexibility index (Phi) is 5.31. The van der Waals surface area contributed by atoms with E-state index < -0.39 is 18.5 Å². The molecule has 0 atom stereocenters. The first kappa shape index (κ1) is 17.4. The molecule has 1 heterocycles. The van der Waals surface area contributed by atoms with Crippen LogP contribution in [0.4, 0.5) is 0 Å². The van der Waals surface area contributed by atoms with Crippen molar-refractivity contribution in [2.45, 2.75) is 6.54 Å². The van der Waals surface area contributed by atoms with E-state index in [1.54, 1.807) is 30.3 Å². The lowest BCUT2D eigenvalue weighted by atomic mass is 10.2. The van der Waals surface area contributed by atoms with Crippen LogP contribution in [-0.4, -0.2) is 25.3 Å². The molecule has 0 radical (unpaired) electrons. The molecule has 130 valence electrons. The fourth-order valence-corrected chi connectivity index (χ4v) is 2.62. The minimum atomic E-state index is -0.627. The van der Waals surface area contributed by atoms with E-state index in [0.29, 0.717) is 27.1 Å². The fourth-order valence-electron chi connectivity index (χ4n) is 2.15. The van der Waals surface area contributed by atoms with Gasteiger partial charge in [0.1, 0.15) is 0 Å². The Balaban J connectivity index is 1.49. The zero-order valence-corrected chi connectivity index (χ0v) is 14.4. The summed E-state index contributed by atoms with van der Waals surface area (Å²) in [5.41, 5.74) is 0.985. The smallest absolute Gasteiger partial charge is 0.338 e. The molecule has 2 aromatic carbocycles. The Morgan fingerprint density at radius 1 is 1.08 bits per heavy atom. The van der Waals surface area contributed by atoms with Crippen LogP contribution in [0.5, 0.6) is 11.5 Å². The van der Waals surface area contributed by atoms with Crippen LogP contribution in [-0.2, 0) is 16.1 Å². The van der Waals surface area contributed by atoms with E-state index in [9.17, 15) is 9.59 Å². The largest absolute Gasteiger partial charge is 0.454 e. The molecule has 25 heavy (non-hydrogen) atoms. The van der Waals surface area contributed by atoms with Gasteiger partial charge in [-0.25, -0.2) is 4.79 Å². The van der Waals surface area contributed by atoms with Gasteiger partial charge in [0.25, 0.3) is 5.91 Å². The third-order valence-electron chi connectivity index (χ3n) is 3.43. The van der Waals surface area contributed by atoms with Crippen molar-refractivity contribution in [1.29, 1.82) is 0 Å². The van der Waals surface area contributed by atoms with Crippen molar-refractivity contribution >= 4 is 35.1 Å². The molecule has 1 amide bonds. The maximum absolute atomic E-state index is 12.0. The van der Waals surface area contributed by atoms with E-state index in [2.05, 4.69) is 5.32 Å². The van der Waals surface area contributed by atoms with Crippen molar-refractivity contribution in [1.82, 2.24) is 5.32 Å². The van der Waals surface area contributed by atoms with Gasteiger partial charge in [0.15, 0.2) is 18.1 Å². The summed E-state index contributed by atoms with van der Waals surface area (Å²) in [4.78, 5) is 23.8. The number of esters is 1. The fraction of sp³-hybridized carbons (Fsp3) is 0.176. The maximum Gasteiger partial charge on any atom is 0.338 e. The number of fused-ring (bicyclic) bond motifs is 1. The molecule has 8 heteroatoms. The molecule has 0 unspecified atom stereocenters. The highest BCUT2D eigenvalue weighted by atomic mass is 35.5. The number of amides is 1. The van der Waals surface area contributed by atoms with Gasteiger partial charge in [-0.05, 0) is 35.9 Å². The number of ether oxygens (including phenoxy) is 3. The number of rotatable bonds is 5. The lowest BCUT2D eigenvalue weighted by Crippen LogP contribution is -2.28. The molecule has 1 aliphatic rings. The molecule has 1 aliphatic heterocycles. The molecule has 3 rings (SSSR count). The van der Waals surface area contributed by atoms with Gasteiger partial charge in [-0.1, -0.05) is 29.3 Å². The van der Waals surface area contributed by atoms with Crippen LogP contribution in [0.1, 0.15) is 15.9 Å². The zero-order valence-electron chi connectivity index (χ0n) is 12.9. The molecule has 0 spiro atoms. The van der Waals surface area contributed by atoms with E-state index in [-0.39, 0.29) is 18.9 Å². The molecule has 0 aliphatic carbocycles. The van der Waals surface area contributed by atoms with E-state index >= 15 is 0 Å². The summed E-state index contributed by atoms with van der Waals surface area (Å²) >= 11 is 11.8. The van der Waals surface area contributed by atoms with Gasteiger partial charge in [-0.15, -0.1) is 0 Å². The number of hydrogen-bond acceptors (Lipinski definition) is 5. The lowest BCUT2D eigenvalue weighted by molar-refractivity contribution is -0.124. The van der Waals surface area contributed by atoms with Gasteiger partial charge < -0.3 is 19.5 Å². The van der Waals surface area contributed by atoms with Crippen LogP contribution in [0.15, 0.2) is 36.4 Å². The highest BCUT2D eigenvalue weighted by molar-refractivity contribution is 6.35. The number of nitrogens with one attached hydrogen (secondary N) is 1. The van der Waals surface area contributed by atoms with Crippen LogP contribution in [0.3, 0.4) is 0 Å². The van der Waals surface area contributed by atoms with E-state index in [0.717, 1.165) is 0 Å².